The van der Waals surface area contributed by atoms with Crippen molar-refractivity contribution in [1.29, 1.82) is 0 Å². The molecule has 3 aromatic rings. The second-order valence-electron chi connectivity index (χ2n) is 5.13. The lowest BCUT2D eigenvalue weighted by Crippen LogP contribution is -2.10. The van der Waals surface area contributed by atoms with Gasteiger partial charge in [0, 0.05) is 19.2 Å². The molecule has 0 fully saturated rings. The molecule has 3 rings (SSSR count). The molecule has 5 nitrogen and oxygen atoms in total. The van der Waals surface area contributed by atoms with E-state index in [4.69, 9.17) is 4.74 Å². The number of imidazole rings is 1. The van der Waals surface area contributed by atoms with E-state index in [2.05, 4.69) is 15.4 Å². The Kier molecular flexibility index (Phi) is 4.39. The Labute approximate surface area is 136 Å². The zero-order chi connectivity index (χ0) is 17.2. The van der Waals surface area contributed by atoms with Gasteiger partial charge in [0.05, 0.1) is 24.1 Å². The number of hydrogen-bond acceptors (Lipinski definition) is 4. The van der Waals surface area contributed by atoms with Crippen LogP contribution >= 0.6 is 0 Å². The minimum atomic E-state index is -4.39. The van der Waals surface area contributed by atoms with E-state index in [0.717, 1.165) is 12.1 Å². The molecular formula is C16H15F3N4O. The fourth-order valence-corrected chi connectivity index (χ4v) is 2.30. The molecule has 0 spiro atoms. The van der Waals surface area contributed by atoms with Crippen LogP contribution in [0.2, 0.25) is 0 Å². The summed E-state index contributed by atoms with van der Waals surface area (Å²) in [7, 11) is 1.60. The highest BCUT2D eigenvalue weighted by atomic mass is 19.4. The number of methoxy groups -OCH3 is 1. The fourth-order valence-electron chi connectivity index (χ4n) is 2.30. The van der Waals surface area contributed by atoms with Crippen LogP contribution < -0.4 is 5.32 Å². The highest BCUT2D eigenvalue weighted by Gasteiger charge is 2.30. The Morgan fingerprint density at radius 1 is 1.21 bits per heavy atom. The van der Waals surface area contributed by atoms with Crippen LogP contribution in [0.3, 0.4) is 0 Å². The van der Waals surface area contributed by atoms with Gasteiger partial charge in [-0.2, -0.15) is 13.2 Å². The standard InChI is InChI=1S/C16H15F3N4O/c1-24-8-7-20-14-5-6-15-21-10-13(23(15)22-14)11-3-2-4-12(9-11)16(17,18)19/h2-6,9-10H,7-8H2,1H3,(H,20,22). The molecule has 0 atom stereocenters. The Bertz CT molecular complexity index is 845. The van der Waals surface area contributed by atoms with E-state index in [1.54, 1.807) is 25.3 Å². The SMILES string of the molecule is COCCNc1ccc2ncc(-c3cccc(C(F)(F)F)c3)n2n1. The van der Waals surface area contributed by atoms with Crippen LogP contribution in [-0.2, 0) is 10.9 Å². The predicted octanol–water partition coefficient (Wildman–Crippen LogP) is 3.47. The summed E-state index contributed by atoms with van der Waals surface area (Å²) >= 11 is 0. The first-order chi connectivity index (χ1) is 11.5. The van der Waals surface area contributed by atoms with Crippen molar-refractivity contribution in [3.05, 3.63) is 48.2 Å². The average Bonchev–Trinajstić information content (AvgIpc) is 2.98. The van der Waals surface area contributed by atoms with Gasteiger partial charge < -0.3 is 10.1 Å². The third kappa shape index (κ3) is 3.33. The van der Waals surface area contributed by atoms with Crippen LogP contribution in [0, 0.1) is 0 Å². The number of benzene rings is 1. The third-order valence-corrected chi connectivity index (χ3v) is 3.46. The zero-order valence-electron chi connectivity index (χ0n) is 12.8. The average molecular weight is 336 g/mol. The Balaban J connectivity index is 1.99. The molecule has 1 aromatic carbocycles. The van der Waals surface area contributed by atoms with E-state index < -0.39 is 11.7 Å². The maximum Gasteiger partial charge on any atom is 0.416 e. The van der Waals surface area contributed by atoms with Crippen molar-refractivity contribution in [2.75, 3.05) is 25.6 Å². The smallest absolute Gasteiger partial charge is 0.383 e. The summed E-state index contributed by atoms with van der Waals surface area (Å²) < 4.78 is 45.2. The Hall–Kier alpha value is -2.61. The number of aromatic nitrogens is 3. The second kappa shape index (κ2) is 6.48. The third-order valence-electron chi connectivity index (χ3n) is 3.46. The summed E-state index contributed by atoms with van der Waals surface area (Å²) in [4.78, 5) is 4.19. The molecule has 0 unspecified atom stereocenters. The van der Waals surface area contributed by atoms with Crippen LogP contribution in [0.5, 0.6) is 0 Å². The Morgan fingerprint density at radius 2 is 2.04 bits per heavy atom. The summed E-state index contributed by atoms with van der Waals surface area (Å²) in [6.07, 6.45) is -2.88. The Morgan fingerprint density at radius 3 is 2.79 bits per heavy atom. The molecule has 126 valence electrons. The molecule has 2 heterocycles. The highest BCUT2D eigenvalue weighted by Crippen LogP contribution is 2.32. The van der Waals surface area contributed by atoms with Gasteiger partial charge >= 0.3 is 6.18 Å². The molecule has 0 aliphatic carbocycles. The molecule has 1 N–H and O–H groups in total. The lowest BCUT2D eigenvalue weighted by atomic mass is 10.1. The molecule has 0 saturated carbocycles. The van der Waals surface area contributed by atoms with Crippen molar-refractivity contribution in [2.45, 2.75) is 6.18 Å². The molecule has 0 radical (unpaired) electrons. The number of nitrogens with zero attached hydrogens (tertiary/aromatic N) is 3. The molecule has 0 amide bonds. The number of anilines is 1. The lowest BCUT2D eigenvalue weighted by molar-refractivity contribution is -0.137. The van der Waals surface area contributed by atoms with Crippen molar-refractivity contribution in [1.82, 2.24) is 14.6 Å². The first-order valence-corrected chi connectivity index (χ1v) is 7.24. The monoisotopic (exact) mass is 336 g/mol. The van der Waals surface area contributed by atoms with Crippen LogP contribution in [0.25, 0.3) is 16.9 Å². The zero-order valence-corrected chi connectivity index (χ0v) is 12.8. The van der Waals surface area contributed by atoms with Crippen LogP contribution in [-0.4, -0.2) is 34.9 Å². The van der Waals surface area contributed by atoms with Gasteiger partial charge in [0.25, 0.3) is 0 Å². The predicted molar refractivity (Wildman–Crippen MR) is 83.8 cm³/mol. The maximum atomic E-state index is 12.9. The van der Waals surface area contributed by atoms with E-state index in [-0.39, 0.29) is 0 Å². The van der Waals surface area contributed by atoms with E-state index in [0.29, 0.717) is 35.9 Å². The van der Waals surface area contributed by atoms with Crippen LogP contribution in [0.4, 0.5) is 19.0 Å². The summed E-state index contributed by atoms with van der Waals surface area (Å²) in [5, 5.41) is 7.46. The van der Waals surface area contributed by atoms with Gasteiger partial charge in [0.15, 0.2) is 5.65 Å². The quantitative estimate of drug-likeness (QED) is 0.725. The largest absolute Gasteiger partial charge is 0.416 e. The van der Waals surface area contributed by atoms with Crippen molar-refractivity contribution in [3.8, 4) is 11.3 Å². The summed E-state index contributed by atoms with van der Waals surface area (Å²) in [6, 6.07) is 8.62. The van der Waals surface area contributed by atoms with Crippen molar-refractivity contribution >= 4 is 11.5 Å². The molecule has 0 saturated heterocycles. The number of hydrogen-bond donors (Lipinski definition) is 1. The van der Waals surface area contributed by atoms with Crippen molar-refractivity contribution < 1.29 is 17.9 Å². The lowest BCUT2D eigenvalue weighted by Gasteiger charge is -2.09. The normalized spacial score (nSPS) is 11.8. The number of fused-ring (bicyclic) bond motifs is 1. The van der Waals surface area contributed by atoms with Gasteiger partial charge in [-0.3, -0.25) is 0 Å². The minimum absolute atomic E-state index is 0.402. The number of halogens is 3. The van der Waals surface area contributed by atoms with E-state index >= 15 is 0 Å². The summed E-state index contributed by atoms with van der Waals surface area (Å²) in [5.74, 6) is 0.589. The number of ether oxygens (including phenoxy) is 1. The van der Waals surface area contributed by atoms with Gasteiger partial charge in [0.2, 0.25) is 0 Å². The number of alkyl halides is 3. The minimum Gasteiger partial charge on any atom is -0.383 e. The molecule has 0 aliphatic rings. The second-order valence-corrected chi connectivity index (χ2v) is 5.13. The molecule has 0 aliphatic heterocycles. The van der Waals surface area contributed by atoms with Crippen LogP contribution in [0.1, 0.15) is 5.56 Å². The van der Waals surface area contributed by atoms with E-state index in [9.17, 15) is 13.2 Å². The van der Waals surface area contributed by atoms with Gasteiger partial charge in [-0.1, -0.05) is 12.1 Å². The van der Waals surface area contributed by atoms with Gasteiger partial charge in [-0.15, -0.1) is 5.10 Å². The maximum absolute atomic E-state index is 12.9. The topological polar surface area (TPSA) is 51.5 Å². The van der Waals surface area contributed by atoms with Gasteiger partial charge in [-0.25, -0.2) is 9.50 Å². The fraction of sp³-hybridized carbons (Fsp3) is 0.250. The van der Waals surface area contributed by atoms with Gasteiger partial charge in [-0.05, 0) is 24.3 Å². The molecular weight excluding hydrogens is 321 g/mol. The van der Waals surface area contributed by atoms with Gasteiger partial charge in [0.1, 0.15) is 5.82 Å². The molecule has 24 heavy (non-hydrogen) atoms. The first-order valence-electron chi connectivity index (χ1n) is 7.24. The van der Waals surface area contributed by atoms with Crippen molar-refractivity contribution in [2.24, 2.45) is 0 Å². The van der Waals surface area contributed by atoms with E-state index in [1.807, 2.05) is 0 Å². The summed E-state index contributed by atoms with van der Waals surface area (Å²) in [5.41, 5.74) is 0.745. The molecule has 2 aromatic heterocycles. The number of nitrogens with one attached hydrogen (secondary N) is 1. The summed E-state index contributed by atoms with van der Waals surface area (Å²) in [6.45, 7) is 1.09. The molecule has 8 heteroatoms. The molecule has 0 bridgehead atoms. The number of rotatable bonds is 5. The van der Waals surface area contributed by atoms with E-state index in [1.165, 1.54) is 16.8 Å². The van der Waals surface area contributed by atoms with Crippen LogP contribution in [0.15, 0.2) is 42.6 Å². The van der Waals surface area contributed by atoms with Crippen molar-refractivity contribution in [3.63, 3.8) is 0 Å². The highest BCUT2D eigenvalue weighted by molar-refractivity contribution is 5.64. The first kappa shape index (κ1) is 16.3.